The van der Waals surface area contributed by atoms with E-state index in [2.05, 4.69) is 10.0 Å². The Morgan fingerprint density at radius 3 is 2.55 bits per heavy atom. The van der Waals surface area contributed by atoms with E-state index in [0.29, 0.717) is 29.3 Å². The van der Waals surface area contributed by atoms with E-state index in [-0.39, 0.29) is 24.3 Å². The molecular weight excluding hydrogens is 459 g/mol. The fourth-order valence-corrected chi connectivity index (χ4v) is 5.48. The summed E-state index contributed by atoms with van der Waals surface area (Å²) in [6.07, 6.45) is 1.51. The smallest absolute Gasteiger partial charge is 0.404 e. The number of fused-ring (bicyclic) bond motifs is 1. The van der Waals surface area contributed by atoms with Crippen LogP contribution in [-0.2, 0) is 29.4 Å². The maximum Gasteiger partial charge on any atom is 0.404 e. The molecule has 6 nitrogen and oxygen atoms in total. The van der Waals surface area contributed by atoms with Gasteiger partial charge in [0.25, 0.3) is 0 Å². The molecule has 168 valence electrons. The van der Waals surface area contributed by atoms with Crippen molar-refractivity contribution in [2.24, 2.45) is 0 Å². The van der Waals surface area contributed by atoms with Crippen LogP contribution in [0.3, 0.4) is 0 Å². The number of aryl methyl sites for hydroxylation is 1. The lowest BCUT2D eigenvalue weighted by Gasteiger charge is -2.34. The van der Waals surface area contributed by atoms with Crippen molar-refractivity contribution < 1.29 is 18.3 Å². The van der Waals surface area contributed by atoms with Gasteiger partial charge in [-0.25, -0.2) is 17.9 Å². The first-order valence-electron chi connectivity index (χ1n) is 10.2. The van der Waals surface area contributed by atoms with Crippen LogP contribution in [0.4, 0.5) is 4.79 Å². The molecule has 0 radical (unpaired) electrons. The van der Waals surface area contributed by atoms with Gasteiger partial charge < -0.3 is 10.4 Å². The summed E-state index contributed by atoms with van der Waals surface area (Å²) in [6.45, 7) is 2.02. The molecular formula is C22H26Cl2N2O4S. The summed E-state index contributed by atoms with van der Waals surface area (Å²) in [7, 11) is -3.32. The summed E-state index contributed by atoms with van der Waals surface area (Å²) in [6, 6.07) is 11.1. The number of amides is 1. The number of carbonyl (C=O) groups is 1. The van der Waals surface area contributed by atoms with Crippen molar-refractivity contribution in [1.29, 1.82) is 0 Å². The molecule has 0 bridgehead atoms. The number of halogens is 2. The van der Waals surface area contributed by atoms with Crippen molar-refractivity contribution in [2.45, 2.75) is 51.1 Å². The lowest BCUT2D eigenvalue weighted by molar-refractivity contribution is 0.185. The average molecular weight is 485 g/mol. The van der Waals surface area contributed by atoms with E-state index in [1.807, 2.05) is 31.2 Å². The zero-order valence-corrected chi connectivity index (χ0v) is 19.5. The van der Waals surface area contributed by atoms with Crippen molar-refractivity contribution in [3.05, 3.63) is 68.7 Å². The lowest BCUT2D eigenvalue weighted by atomic mass is 9.75. The Kier molecular flexibility index (Phi) is 7.86. The van der Waals surface area contributed by atoms with Gasteiger partial charge >= 0.3 is 6.09 Å². The standard InChI is InChI=1S/C22H26Cl2N2O4S/c1-2-9-31(29,30)25-13-15-3-5-16-6-8-21(26-22(27)28)18(17(16)11-15)10-14-4-7-19(23)20(24)12-14/h3-5,7,11-12,18,21,25-26H,2,6,8-10,13H2,1H3,(H,27,28). The third kappa shape index (κ3) is 6.35. The molecule has 0 saturated carbocycles. The molecule has 0 aromatic heterocycles. The van der Waals surface area contributed by atoms with Gasteiger partial charge in [-0.05, 0) is 60.1 Å². The Balaban J connectivity index is 1.90. The minimum absolute atomic E-state index is 0.0858. The molecule has 0 saturated heterocycles. The van der Waals surface area contributed by atoms with E-state index in [1.165, 1.54) is 0 Å². The monoisotopic (exact) mass is 484 g/mol. The highest BCUT2D eigenvalue weighted by atomic mass is 35.5. The van der Waals surface area contributed by atoms with E-state index >= 15 is 0 Å². The molecule has 0 fully saturated rings. The molecule has 9 heteroatoms. The van der Waals surface area contributed by atoms with Gasteiger partial charge in [-0.3, -0.25) is 0 Å². The number of nitrogens with one attached hydrogen (secondary N) is 2. The quantitative estimate of drug-likeness (QED) is 0.504. The first-order chi connectivity index (χ1) is 14.7. The van der Waals surface area contributed by atoms with Crippen LogP contribution in [0.25, 0.3) is 0 Å². The van der Waals surface area contributed by atoms with E-state index in [1.54, 1.807) is 12.1 Å². The van der Waals surface area contributed by atoms with Gasteiger partial charge in [0.2, 0.25) is 10.0 Å². The maximum absolute atomic E-state index is 12.0. The van der Waals surface area contributed by atoms with Crippen LogP contribution in [0.1, 0.15) is 47.9 Å². The highest BCUT2D eigenvalue weighted by molar-refractivity contribution is 7.89. The van der Waals surface area contributed by atoms with Crippen LogP contribution in [-0.4, -0.2) is 31.4 Å². The SMILES string of the molecule is CCCS(=O)(=O)NCc1ccc2c(c1)C(Cc1ccc(Cl)c(Cl)c1)C(NC(=O)O)CC2. The van der Waals surface area contributed by atoms with Gasteiger partial charge in [0.15, 0.2) is 0 Å². The highest BCUT2D eigenvalue weighted by Crippen LogP contribution is 2.36. The largest absolute Gasteiger partial charge is 0.465 e. The maximum atomic E-state index is 12.0. The molecule has 2 aromatic rings. The van der Waals surface area contributed by atoms with E-state index in [4.69, 9.17) is 23.2 Å². The van der Waals surface area contributed by atoms with Crippen molar-refractivity contribution in [3.8, 4) is 0 Å². The zero-order valence-electron chi connectivity index (χ0n) is 17.2. The summed E-state index contributed by atoms with van der Waals surface area (Å²) < 4.78 is 26.7. The van der Waals surface area contributed by atoms with Gasteiger partial charge in [0.1, 0.15) is 0 Å². The molecule has 0 spiro atoms. The Bertz CT molecular complexity index is 1060. The first kappa shape index (κ1) is 23.9. The molecule has 1 aliphatic rings. The average Bonchev–Trinajstić information content (AvgIpc) is 2.70. The van der Waals surface area contributed by atoms with Crippen LogP contribution in [0, 0.1) is 0 Å². The molecule has 0 heterocycles. The molecule has 3 N–H and O–H groups in total. The van der Waals surface area contributed by atoms with Gasteiger partial charge in [-0.2, -0.15) is 0 Å². The Morgan fingerprint density at radius 1 is 1.13 bits per heavy atom. The van der Waals surface area contributed by atoms with Crippen LogP contribution >= 0.6 is 23.2 Å². The summed E-state index contributed by atoms with van der Waals surface area (Å²) in [4.78, 5) is 11.4. The van der Waals surface area contributed by atoms with Gasteiger partial charge in [0, 0.05) is 18.5 Å². The highest BCUT2D eigenvalue weighted by Gasteiger charge is 2.31. The van der Waals surface area contributed by atoms with Crippen molar-refractivity contribution in [3.63, 3.8) is 0 Å². The molecule has 2 aromatic carbocycles. The van der Waals surface area contributed by atoms with Crippen molar-refractivity contribution in [2.75, 3.05) is 5.75 Å². The molecule has 1 amide bonds. The van der Waals surface area contributed by atoms with Crippen LogP contribution < -0.4 is 10.0 Å². The molecule has 2 atom stereocenters. The van der Waals surface area contributed by atoms with Gasteiger partial charge in [-0.15, -0.1) is 0 Å². The molecule has 1 aliphatic carbocycles. The predicted octanol–water partition coefficient (Wildman–Crippen LogP) is 4.73. The Labute approximate surface area is 193 Å². The number of sulfonamides is 1. The predicted molar refractivity (Wildman–Crippen MR) is 124 cm³/mol. The number of hydrogen-bond donors (Lipinski definition) is 3. The van der Waals surface area contributed by atoms with Crippen molar-refractivity contribution in [1.82, 2.24) is 10.0 Å². The first-order valence-corrected chi connectivity index (χ1v) is 12.6. The molecule has 3 rings (SSSR count). The Morgan fingerprint density at radius 2 is 1.87 bits per heavy atom. The third-order valence-corrected chi connectivity index (χ3v) is 7.81. The van der Waals surface area contributed by atoms with Crippen LogP contribution in [0.5, 0.6) is 0 Å². The van der Waals surface area contributed by atoms with Crippen LogP contribution in [0.2, 0.25) is 10.0 Å². The molecule has 0 aliphatic heterocycles. The third-order valence-electron chi connectivity index (χ3n) is 5.54. The lowest BCUT2D eigenvalue weighted by Crippen LogP contribution is -2.42. The molecule has 2 unspecified atom stereocenters. The second-order valence-electron chi connectivity index (χ2n) is 7.83. The number of carboxylic acid groups (broad SMARTS) is 1. The second kappa shape index (κ2) is 10.2. The minimum Gasteiger partial charge on any atom is -0.465 e. The number of hydrogen-bond acceptors (Lipinski definition) is 3. The van der Waals surface area contributed by atoms with E-state index < -0.39 is 16.1 Å². The zero-order chi connectivity index (χ0) is 22.6. The van der Waals surface area contributed by atoms with Crippen molar-refractivity contribution >= 4 is 39.3 Å². The number of benzene rings is 2. The number of rotatable bonds is 8. The molecule has 31 heavy (non-hydrogen) atoms. The van der Waals surface area contributed by atoms with E-state index in [9.17, 15) is 18.3 Å². The Hall–Kier alpha value is -1.80. The topological polar surface area (TPSA) is 95.5 Å². The van der Waals surface area contributed by atoms with Gasteiger partial charge in [0.05, 0.1) is 15.8 Å². The fraction of sp³-hybridized carbons (Fsp3) is 0.409. The fourth-order valence-electron chi connectivity index (χ4n) is 4.09. The summed E-state index contributed by atoms with van der Waals surface area (Å²) in [5.41, 5.74) is 3.98. The van der Waals surface area contributed by atoms with Gasteiger partial charge in [-0.1, -0.05) is 54.4 Å². The summed E-state index contributed by atoms with van der Waals surface area (Å²) in [5.74, 6) is -0.0213. The summed E-state index contributed by atoms with van der Waals surface area (Å²) in [5, 5.41) is 12.9. The normalized spacial score (nSPS) is 18.4. The summed E-state index contributed by atoms with van der Waals surface area (Å²) >= 11 is 12.2. The second-order valence-corrected chi connectivity index (χ2v) is 10.6. The van der Waals surface area contributed by atoms with E-state index in [0.717, 1.165) is 28.7 Å². The van der Waals surface area contributed by atoms with Crippen LogP contribution in [0.15, 0.2) is 36.4 Å². The minimum atomic E-state index is -3.32.